The standard InChI is InChI=1S/C21H22N2O3.BrH/c1-14-6-5-7-18-15(2)12-21(3,4)22(20(14)18)13-19(24)16-8-10-17(11-9-16)23(25)26;/h5-12H,13H2,1-4H3;1H. The zero-order chi connectivity index (χ0) is 19.1. The molecule has 1 heterocycles. The molecule has 0 radical (unpaired) electrons. The Hall–Kier alpha value is -2.47. The van der Waals surface area contributed by atoms with Gasteiger partial charge in [0.2, 0.25) is 0 Å². The zero-order valence-corrected chi connectivity index (χ0v) is 17.6. The van der Waals surface area contributed by atoms with Crippen molar-refractivity contribution in [3.63, 3.8) is 0 Å². The fraction of sp³-hybridized carbons (Fsp3) is 0.286. The van der Waals surface area contributed by atoms with Gasteiger partial charge in [0.15, 0.2) is 5.78 Å². The van der Waals surface area contributed by atoms with Gasteiger partial charge in [-0.25, -0.2) is 0 Å². The Morgan fingerprint density at radius 3 is 2.33 bits per heavy atom. The molecule has 0 N–H and O–H groups in total. The van der Waals surface area contributed by atoms with Gasteiger partial charge in [-0.15, -0.1) is 17.0 Å². The lowest BCUT2D eigenvalue weighted by Gasteiger charge is -2.43. The van der Waals surface area contributed by atoms with Crippen LogP contribution in [0.15, 0.2) is 48.5 Å². The maximum Gasteiger partial charge on any atom is 0.269 e. The van der Waals surface area contributed by atoms with E-state index in [0.717, 1.165) is 16.8 Å². The van der Waals surface area contributed by atoms with E-state index in [1.54, 1.807) is 0 Å². The van der Waals surface area contributed by atoms with E-state index in [0.29, 0.717) is 5.56 Å². The maximum atomic E-state index is 12.9. The fourth-order valence-electron chi connectivity index (χ4n) is 3.60. The highest BCUT2D eigenvalue weighted by molar-refractivity contribution is 8.93. The van der Waals surface area contributed by atoms with Crippen LogP contribution in [0.1, 0.15) is 42.3 Å². The van der Waals surface area contributed by atoms with Crippen LogP contribution in [-0.2, 0) is 0 Å². The number of ketones is 1. The molecule has 0 aliphatic carbocycles. The van der Waals surface area contributed by atoms with Crippen molar-refractivity contribution in [3.05, 3.63) is 75.3 Å². The summed E-state index contributed by atoms with van der Waals surface area (Å²) in [6.45, 7) is 8.54. The van der Waals surface area contributed by atoms with E-state index in [-0.39, 0.29) is 40.5 Å². The van der Waals surface area contributed by atoms with Crippen molar-refractivity contribution in [3.8, 4) is 0 Å². The van der Waals surface area contributed by atoms with Crippen molar-refractivity contribution in [1.29, 1.82) is 0 Å². The number of hydrogen-bond donors (Lipinski definition) is 0. The number of anilines is 1. The number of carbonyl (C=O) groups excluding carboxylic acids is 1. The molecular formula is C21H23BrN2O3. The molecule has 0 amide bonds. The normalized spacial score (nSPS) is 14.7. The number of nitro groups is 1. The third-order valence-corrected chi connectivity index (χ3v) is 4.90. The van der Waals surface area contributed by atoms with E-state index >= 15 is 0 Å². The number of allylic oxidation sites excluding steroid dienone is 1. The van der Waals surface area contributed by atoms with Gasteiger partial charge in [-0.1, -0.05) is 24.3 Å². The van der Waals surface area contributed by atoms with Gasteiger partial charge in [-0.2, -0.15) is 0 Å². The Balaban J connectivity index is 0.00000261. The molecule has 2 aromatic rings. The third kappa shape index (κ3) is 3.95. The molecule has 0 unspecified atom stereocenters. The largest absolute Gasteiger partial charge is 0.355 e. The summed E-state index contributed by atoms with van der Waals surface area (Å²) in [6, 6.07) is 12.0. The van der Waals surface area contributed by atoms with E-state index in [1.807, 2.05) is 6.07 Å². The molecule has 0 saturated carbocycles. The van der Waals surface area contributed by atoms with Crippen LogP contribution in [-0.4, -0.2) is 22.8 Å². The molecule has 0 atom stereocenters. The Morgan fingerprint density at radius 1 is 1.11 bits per heavy atom. The van der Waals surface area contributed by atoms with Gasteiger partial charge in [0.05, 0.1) is 17.0 Å². The van der Waals surface area contributed by atoms with Gasteiger partial charge in [0.25, 0.3) is 5.69 Å². The summed E-state index contributed by atoms with van der Waals surface area (Å²) in [5.41, 5.74) is 4.70. The smallest absolute Gasteiger partial charge is 0.269 e. The molecule has 2 aromatic carbocycles. The number of rotatable bonds is 4. The third-order valence-electron chi connectivity index (χ3n) is 4.90. The van der Waals surface area contributed by atoms with Gasteiger partial charge in [-0.3, -0.25) is 14.9 Å². The Kier molecular flexibility index (Phi) is 5.90. The first-order valence-corrected chi connectivity index (χ1v) is 8.55. The van der Waals surface area contributed by atoms with Crippen molar-refractivity contribution in [2.24, 2.45) is 0 Å². The summed E-state index contributed by atoms with van der Waals surface area (Å²) in [5.74, 6) is -0.0601. The van der Waals surface area contributed by atoms with E-state index < -0.39 is 4.92 Å². The lowest BCUT2D eigenvalue weighted by Crippen LogP contribution is -2.48. The first kappa shape index (κ1) is 20.8. The van der Waals surface area contributed by atoms with E-state index in [1.165, 1.54) is 29.8 Å². The average Bonchev–Trinajstić information content (AvgIpc) is 2.58. The summed E-state index contributed by atoms with van der Waals surface area (Å²) >= 11 is 0. The lowest BCUT2D eigenvalue weighted by atomic mass is 9.87. The minimum atomic E-state index is -0.463. The highest BCUT2D eigenvalue weighted by Gasteiger charge is 2.33. The summed E-state index contributed by atoms with van der Waals surface area (Å²) in [6.07, 6.45) is 2.18. The summed E-state index contributed by atoms with van der Waals surface area (Å²) in [7, 11) is 0. The Labute approximate surface area is 169 Å². The highest BCUT2D eigenvalue weighted by Crippen LogP contribution is 2.40. The van der Waals surface area contributed by atoms with Crippen LogP contribution in [0.2, 0.25) is 0 Å². The number of Topliss-reactive ketones (excluding diaryl/α,β-unsaturated/α-hetero) is 1. The number of halogens is 1. The lowest BCUT2D eigenvalue weighted by molar-refractivity contribution is -0.384. The van der Waals surface area contributed by atoms with Gasteiger partial charge in [-0.05, 0) is 51.0 Å². The molecule has 0 bridgehead atoms. The van der Waals surface area contributed by atoms with Crippen molar-refractivity contribution in [2.45, 2.75) is 33.2 Å². The van der Waals surface area contributed by atoms with E-state index in [2.05, 4.69) is 50.8 Å². The second kappa shape index (κ2) is 7.64. The summed E-state index contributed by atoms with van der Waals surface area (Å²) in [4.78, 5) is 25.3. The molecular weight excluding hydrogens is 408 g/mol. The first-order chi connectivity index (χ1) is 12.2. The second-order valence-corrected chi connectivity index (χ2v) is 7.27. The molecule has 1 aliphatic rings. The molecule has 0 saturated heterocycles. The monoisotopic (exact) mass is 430 g/mol. The molecule has 27 heavy (non-hydrogen) atoms. The Bertz CT molecular complexity index is 918. The zero-order valence-electron chi connectivity index (χ0n) is 15.9. The number of aryl methyl sites for hydroxylation is 1. The number of nitro benzene ring substituents is 1. The van der Waals surface area contributed by atoms with Gasteiger partial charge in [0.1, 0.15) is 0 Å². The first-order valence-electron chi connectivity index (χ1n) is 8.55. The van der Waals surface area contributed by atoms with Crippen LogP contribution in [0.5, 0.6) is 0 Å². The number of carbonyl (C=O) groups is 1. The number of hydrogen-bond acceptors (Lipinski definition) is 4. The van der Waals surface area contributed by atoms with Crippen LogP contribution in [0.4, 0.5) is 11.4 Å². The van der Waals surface area contributed by atoms with Crippen molar-refractivity contribution in [2.75, 3.05) is 11.4 Å². The van der Waals surface area contributed by atoms with Crippen LogP contribution in [0.25, 0.3) is 5.57 Å². The van der Waals surface area contributed by atoms with Crippen molar-refractivity contribution < 1.29 is 9.72 Å². The van der Waals surface area contributed by atoms with E-state index in [9.17, 15) is 14.9 Å². The van der Waals surface area contributed by atoms with Crippen LogP contribution in [0.3, 0.4) is 0 Å². The average molecular weight is 431 g/mol. The molecule has 0 fully saturated rings. The van der Waals surface area contributed by atoms with Gasteiger partial charge >= 0.3 is 0 Å². The van der Waals surface area contributed by atoms with Gasteiger partial charge in [0, 0.05) is 28.9 Å². The summed E-state index contributed by atoms with van der Waals surface area (Å²) in [5, 5.41) is 10.8. The predicted molar refractivity (Wildman–Crippen MR) is 114 cm³/mol. The van der Waals surface area contributed by atoms with Crippen LogP contribution < -0.4 is 4.90 Å². The molecule has 0 spiro atoms. The molecule has 0 aromatic heterocycles. The topological polar surface area (TPSA) is 63.5 Å². The van der Waals surface area contributed by atoms with Crippen molar-refractivity contribution >= 4 is 39.7 Å². The predicted octanol–water partition coefficient (Wildman–Crippen LogP) is 5.37. The highest BCUT2D eigenvalue weighted by atomic mass is 79.9. The second-order valence-electron chi connectivity index (χ2n) is 7.27. The van der Waals surface area contributed by atoms with Gasteiger partial charge < -0.3 is 4.90 Å². The number of fused-ring (bicyclic) bond motifs is 1. The molecule has 6 heteroatoms. The fourth-order valence-corrected chi connectivity index (χ4v) is 3.60. The number of benzene rings is 2. The number of para-hydroxylation sites is 1. The number of non-ortho nitro benzene ring substituents is 1. The molecule has 3 rings (SSSR count). The van der Waals surface area contributed by atoms with Crippen LogP contribution in [0, 0.1) is 17.0 Å². The quantitative estimate of drug-likeness (QED) is 0.371. The summed E-state index contributed by atoms with van der Waals surface area (Å²) < 4.78 is 0. The SMILES string of the molecule is Br.CC1=CC(C)(C)N(CC(=O)c2ccc([N+](=O)[O-])cc2)c2c(C)cccc21. The minimum Gasteiger partial charge on any atom is -0.355 e. The molecule has 5 nitrogen and oxygen atoms in total. The minimum absolute atomic E-state index is 0. The van der Waals surface area contributed by atoms with E-state index in [4.69, 9.17) is 0 Å². The molecule has 1 aliphatic heterocycles. The number of nitrogens with zero attached hydrogens (tertiary/aromatic N) is 2. The van der Waals surface area contributed by atoms with Crippen molar-refractivity contribution in [1.82, 2.24) is 0 Å². The van der Waals surface area contributed by atoms with Crippen LogP contribution >= 0.6 is 17.0 Å². The maximum absolute atomic E-state index is 12.9. The molecule has 142 valence electrons. The Morgan fingerprint density at radius 2 is 1.74 bits per heavy atom.